The van der Waals surface area contributed by atoms with E-state index < -0.39 is 6.10 Å². The lowest BCUT2D eigenvalue weighted by atomic mass is 10.1. The lowest BCUT2D eigenvalue weighted by molar-refractivity contribution is -0.122. The zero-order valence-corrected chi connectivity index (χ0v) is 13.2. The molecule has 0 saturated heterocycles. The van der Waals surface area contributed by atoms with E-state index >= 15 is 0 Å². The number of benzene rings is 1. The van der Waals surface area contributed by atoms with E-state index in [-0.39, 0.29) is 24.9 Å². The van der Waals surface area contributed by atoms with E-state index in [1.54, 1.807) is 24.3 Å². The Labute approximate surface area is 133 Å². The molecule has 1 aromatic heterocycles. The fraction of sp³-hybridized carbons (Fsp3) is 0.429. The summed E-state index contributed by atoms with van der Waals surface area (Å²) in [4.78, 5) is 13.0. The second-order valence-corrected chi connectivity index (χ2v) is 5.70. The van der Waals surface area contributed by atoms with Gasteiger partial charge in [0.15, 0.2) is 0 Å². The van der Waals surface area contributed by atoms with Gasteiger partial charge < -0.3 is 10.4 Å². The van der Waals surface area contributed by atoms with Crippen molar-refractivity contribution in [3.8, 4) is 11.4 Å². The Balaban J connectivity index is 1.91. The normalized spacial score (nSPS) is 12.4. The SMILES string of the molecule is CC(C)C(O)CNC(=O)Cn1nnc(-c2ccc(Cl)cc2)n1. The van der Waals surface area contributed by atoms with Crippen LogP contribution in [-0.2, 0) is 11.3 Å². The Morgan fingerprint density at radius 1 is 1.36 bits per heavy atom. The van der Waals surface area contributed by atoms with Gasteiger partial charge in [0, 0.05) is 17.1 Å². The third-order valence-electron chi connectivity index (χ3n) is 3.12. The molecular weight excluding hydrogens is 306 g/mol. The number of carbonyl (C=O) groups excluding carboxylic acids is 1. The maximum Gasteiger partial charge on any atom is 0.243 e. The van der Waals surface area contributed by atoms with Gasteiger partial charge in [-0.05, 0) is 35.4 Å². The third kappa shape index (κ3) is 4.51. The summed E-state index contributed by atoms with van der Waals surface area (Å²) in [6, 6.07) is 7.03. The summed E-state index contributed by atoms with van der Waals surface area (Å²) in [5, 5.41) is 24.8. The van der Waals surface area contributed by atoms with E-state index in [9.17, 15) is 9.90 Å². The molecule has 0 fully saturated rings. The van der Waals surface area contributed by atoms with E-state index in [1.165, 1.54) is 4.80 Å². The van der Waals surface area contributed by atoms with Crippen LogP contribution in [-0.4, -0.2) is 43.9 Å². The van der Waals surface area contributed by atoms with Crippen molar-refractivity contribution in [3.05, 3.63) is 29.3 Å². The van der Waals surface area contributed by atoms with Crippen LogP contribution in [0.3, 0.4) is 0 Å². The highest BCUT2D eigenvalue weighted by atomic mass is 35.5. The molecule has 8 heteroatoms. The molecule has 1 aromatic carbocycles. The number of rotatable bonds is 6. The molecule has 2 aromatic rings. The average molecular weight is 324 g/mol. The molecule has 22 heavy (non-hydrogen) atoms. The number of hydrogen-bond donors (Lipinski definition) is 2. The van der Waals surface area contributed by atoms with Crippen LogP contribution in [0.2, 0.25) is 5.02 Å². The van der Waals surface area contributed by atoms with Crippen LogP contribution >= 0.6 is 11.6 Å². The van der Waals surface area contributed by atoms with Crippen molar-refractivity contribution in [2.75, 3.05) is 6.54 Å². The molecule has 2 rings (SSSR count). The first-order chi connectivity index (χ1) is 10.5. The Morgan fingerprint density at radius 2 is 2.05 bits per heavy atom. The van der Waals surface area contributed by atoms with E-state index in [4.69, 9.17) is 11.6 Å². The number of aromatic nitrogens is 4. The summed E-state index contributed by atoms with van der Waals surface area (Å²) in [6.45, 7) is 3.92. The van der Waals surface area contributed by atoms with Crippen LogP contribution in [0.1, 0.15) is 13.8 Å². The predicted molar refractivity (Wildman–Crippen MR) is 82.1 cm³/mol. The molecule has 0 bridgehead atoms. The number of nitrogens with one attached hydrogen (secondary N) is 1. The molecule has 1 unspecified atom stereocenters. The first-order valence-corrected chi connectivity index (χ1v) is 7.32. The van der Waals surface area contributed by atoms with Crippen LogP contribution in [0, 0.1) is 5.92 Å². The van der Waals surface area contributed by atoms with Crippen molar-refractivity contribution in [1.29, 1.82) is 0 Å². The molecule has 118 valence electrons. The van der Waals surface area contributed by atoms with Crippen LogP contribution in [0.5, 0.6) is 0 Å². The molecular formula is C14H18ClN5O2. The van der Waals surface area contributed by atoms with Gasteiger partial charge in [0.1, 0.15) is 6.54 Å². The summed E-state index contributed by atoms with van der Waals surface area (Å²) in [6.07, 6.45) is -0.572. The van der Waals surface area contributed by atoms with Crippen molar-refractivity contribution in [1.82, 2.24) is 25.5 Å². The van der Waals surface area contributed by atoms with Gasteiger partial charge in [-0.1, -0.05) is 25.4 Å². The van der Waals surface area contributed by atoms with E-state index in [0.29, 0.717) is 10.8 Å². The maximum absolute atomic E-state index is 11.8. The zero-order valence-electron chi connectivity index (χ0n) is 12.4. The van der Waals surface area contributed by atoms with E-state index in [1.807, 2.05) is 13.8 Å². The molecule has 7 nitrogen and oxygen atoms in total. The maximum atomic E-state index is 11.8. The smallest absolute Gasteiger partial charge is 0.243 e. The van der Waals surface area contributed by atoms with Gasteiger partial charge in [-0.25, -0.2) is 0 Å². The van der Waals surface area contributed by atoms with Crippen molar-refractivity contribution < 1.29 is 9.90 Å². The van der Waals surface area contributed by atoms with E-state index in [0.717, 1.165) is 5.56 Å². The number of hydrogen-bond acceptors (Lipinski definition) is 5. The number of amides is 1. The summed E-state index contributed by atoms with van der Waals surface area (Å²) in [5.41, 5.74) is 0.770. The Hall–Kier alpha value is -1.99. The van der Waals surface area contributed by atoms with Gasteiger partial charge in [-0.2, -0.15) is 4.80 Å². The summed E-state index contributed by atoms with van der Waals surface area (Å²) in [7, 11) is 0. The minimum atomic E-state index is -0.572. The Kier molecular flexibility index (Phi) is 5.46. The summed E-state index contributed by atoms with van der Waals surface area (Å²) in [5.74, 6) is 0.229. The molecule has 1 amide bonds. The highest BCUT2D eigenvalue weighted by Crippen LogP contribution is 2.16. The number of aliphatic hydroxyl groups excluding tert-OH is 1. The van der Waals surface area contributed by atoms with Crippen LogP contribution in [0.4, 0.5) is 0 Å². The summed E-state index contributed by atoms with van der Waals surface area (Å²) < 4.78 is 0. The fourth-order valence-electron chi connectivity index (χ4n) is 1.66. The molecule has 0 spiro atoms. The first kappa shape index (κ1) is 16.4. The highest BCUT2D eigenvalue weighted by Gasteiger charge is 2.12. The van der Waals surface area contributed by atoms with Gasteiger partial charge in [0.2, 0.25) is 11.7 Å². The summed E-state index contributed by atoms with van der Waals surface area (Å²) >= 11 is 5.82. The molecule has 2 N–H and O–H groups in total. The standard InChI is InChI=1S/C14H18ClN5O2/c1-9(2)12(21)7-16-13(22)8-20-18-14(17-19-20)10-3-5-11(15)6-4-10/h3-6,9,12,21H,7-8H2,1-2H3,(H,16,22). The van der Waals surface area contributed by atoms with Crippen molar-refractivity contribution in [2.45, 2.75) is 26.5 Å². The number of aliphatic hydroxyl groups is 1. The van der Waals surface area contributed by atoms with Crippen LogP contribution in [0.15, 0.2) is 24.3 Å². The fourth-order valence-corrected chi connectivity index (χ4v) is 1.79. The monoisotopic (exact) mass is 323 g/mol. The molecule has 0 aliphatic rings. The van der Waals surface area contributed by atoms with Gasteiger partial charge in [0.05, 0.1) is 6.10 Å². The lowest BCUT2D eigenvalue weighted by Gasteiger charge is -2.14. The van der Waals surface area contributed by atoms with Gasteiger partial charge in [-0.15, -0.1) is 10.2 Å². The number of tetrazole rings is 1. The highest BCUT2D eigenvalue weighted by molar-refractivity contribution is 6.30. The molecule has 0 radical (unpaired) electrons. The predicted octanol–water partition coefficient (Wildman–Crippen LogP) is 1.13. The molecule has 1 heterocycles. The average Bonchev–Trinajstić information content (AvgIpc) is 2.93. The van der Waals surface area contributed by atoms with Crippen molar-refractivity contribution in [3.63, 3.8) is 0 Å². The third-order valence-corrected chi connectivity index (χ3v) is 3.37. The van der Waals surface area contributed by atoms with Crippen molar-refractivity contribution in [2.24, 2.45) is 5.92 Å². The second kappa shape index (κ2) is 7.33. The molecule has 0 aliphatic heterocycles. The quantitative estimate of drug-likeness (QED) is 0.831. The van der Waals surface area contributed by atoms with Crippen LogP contribution in [0.25, 0.3) is 11.4 Å². The lowest BCUT2D eigenvalue weighted by Crippen LogP contribution is -2.36. The minimum absolute atomic E-state index is 0.0502. The number of nitrogens with zero attached hydrogens (tertiary/aromatic N) is 4. The zero-order chi connectivity index (χ0) is 16.1. The molecule has 1 atom stereocenters. The van der Waals surface area contributed by atoms with Crippen LogP contribution < -0.4 is 5.32 Å². The Morgan fingerprint density at radius 3 is 2.68 bits per heavy atom. The van der Waals surface area contributed by atoms with Gasteiger partial charge in [-0.3, -0.25) is 4.79 Å². The van der Waals surface area contributed by atoms with E-state index in [2.05, 4.69) is 20.7 Å². The number of halogens is 1. The first-order valence-electron chi connectivity index (χ1n) is 6.94. The molecule has 0 aliphatic carbocycles. The Bertz CT molecular complexity index is 626. The second-order valence-electron chi connectivity index (χ2n) is 5.27. The minimum Gasteiger partial charge on any atom is -0.391 e. The largest absolute Gasteiger partial charge is 0.391 e. The van der Waals surface area contributed by atoms with Gasteiger partial charge >= 0.3 is 0 Å². The van der Waals surface area contributed by atoms with Crippen molar-refractivity contribution >= 4 is 17.5 Å². The molecule has 0 saturated carbocycles. The van der Waals surface area contributed by atoms with Gasteiger partial charge in [0.25, 0.3) is 0 Å². The number of carbonyl (C=O) groups is 1. The topological polar surface area (TPSA) is 92.9 Å².